The third-order valence-electron chi connectivity index (χ3n) is 3.47. The Morgan fingerprint density at radius 3 is 2.65 bits per heavy atom. The van der Waals surface area contributed by atoms with Gasteiger partial charge in [-0.25, -0.2) is 0 Å². The molecule has 2 aromatic carbocycles. The monoisotopic (exact) mass is 222 g/mol. The summed E-state index contributed by atoms with van der Waals surface area (Å²) in [5.74, 6) is 0.245. The standard InChI is InChI=1S/C16H14O/c1-2-16(17)14-9-5-8-13-12-7-4-3-6-11(12)10-15(13)14/h3-9H,2,10H2,1H3. The third-order valence-corrected chi connectivity index (χ3v) is 3.47. The smallest absolute Gasteiger partial charge is 0.162 e. The molecule has 1 aliphatic rings. The second-order valence-corrected chi connectivity index (χ2v) is 4.44. The van der Waals surface area contributed by atoms with Crippen LogP contribution in [0.5, 0.6) is 0 Å². The Hall–Kier alpha value is -1.89. The molecule has 0 spiro atoms. The number of Topliss-reactive ketones (excluding diaryl/α,β-unsaturated/α-hetero) is 1. The lowest BCUT2D eigenvalue weighted by atomic mass is 9.97. The summed E-state index contributed by atoms with van der Waals surface area (Å²) in [6.45, 7) is 1.92. The van der Waals surface area contributed by atoms with Gasteiger partial charge in [0, 0.05) is 12.0 Å². The third kappa shape index (κ3) is 1.50. The van der Waals surface area contributed by atoms with Gasteiger partial charge in [-0.3, -0.25) is 4.79 Å². The predicted molar refractivity (Wildman–Crippen MR) is 69.3 cm³/mol. The van der Waals surface area contributed by atoms with E-state index in [1.807, 2.05) is 19.1 Å². The first-order chi connectivity index (χ1) is 8.31. The van der Waals surface area contributed by atoms with E-state index in [1.54, 1.807) is 0 Å². The van der Waals surface area contributed by atoms with Gasteiger partial charge < -0.3 is 0 Å². The van der Waals surface area contributed by atoms with E-state index < -0.39 is 0 Å². The fraction of sp³-hybridized carbons (Fsp3) is 0.188. The van der Waals surface area contributed by atoms with Crippen LogP contribution >= 0.6 is 0 Å². The number of hydrogen-bond donors (Lipinski definition) is 0. The molecular formula is C16H14O. The number of hydrogen-bond acceptors (Lipinski definition) is 1. The molecule has 3 rings (SSSR count). The van der Waals surface area contributed by atoms with Crippen molar-refractivity contribution in [3.8, 4) is 11.1 Å². The van der Waals surface area contributed by atoms with Crippen LogP contribution in [-0.4, -0.2) is 5.78 Å². The lowest BCUT2D eigenvalue weighted by Gasteiger charge is -2.06. The summed E-state index contributed by atoms with van der Waals surface area (Å²) in [7, 11) is 0. The van der Waals surface area contributed by atoms with E-state index in [1.165, 1.54) is 22.3 Å². The molecule has 84 valence electrons. The van der Waals surface area contributed by atoms with Crippen molar-refractivity contribution >= 4 is 5.78 Å². The van der Waals surface area contributed by atoms with Crippen LogP contribution in [0.25, 0.3) is 11.1 Å². The molecule has 0 saturated carbocycles. The Balaban J connectivity index is 2.20. The van der Waals surface area contributed by atoms with Crippen LogP contribution in [0.15, 0.2) is 42.5 Å². The number of benzene rings is 2. The summed E-state index contributed by atoms with van der Waals surface area (Å²) in [5, 5.41) is 0. The molecule has 17 heavy (non-hydrogen) atoms. The number of carbonyl (C=O) groups is 1. The Morgan fingerprint density at radius 2 is 1.82 bits per heavy atom. The summed E-state index contributed by atoms with van der Waals surface area (Å²) >= 11 is 0. The van der Waals surface area contributed by atoms with Crippen molar-refractivity contribution in [1.82, 2.24) is 0 Å². The number of rotatable bonds is 2. The highest BCUT2D eigenvalue weighted by molar-refractivity contribution is 6.00. The molecule has 2 aromatic rings. The van der Waals surface area contributed by atoms with Crippen molar-refractivity contribution in [3.63, 3.8) is 0 Å². The lowest BCUT2D eigenvalue weighted by Crippen LogP contribution is -2.01. The van der Waals surface area contributed by atoms with Crippen LogP contribution in [0.1, 0.15) is 34.8 Å². The molecule has 0 fully saturated rings. The van der Waals surface area contributed by atoms with Gasteiger partial charge in [0.2, 0.25) is 0 Å². The maximum Gasteiger partial charge on any atom is 0.162 e. The van der Waals surface area contributed by atoms with Crippen molar-refractivity contribution in [2.45, 2.75) is 19.8 Å². The summed E-state index contributed by atoms with van der Waals surface area (Å²) < 4.78 is 0. The molecule has 0 amide bonds. The van der Waals surface area contributed by atoms with Gasteiger partial charge in [-0.1, -0.05) is 49.4 Å². The quantitative estimate of drug-likeness (QED) is 0.602. The summed E-state index contributed by atoms with van der Waals surface area (Å²) in [5.41, 5.74) is 5.97. The van der Waals surface area contributed by atoms with Crippen molar-refractivity contribution < 1.29 is 4.79 Å². The number of fused-ring (bicyclic) bond motifs is 3. The van der Waals surface area contributed by atoms with Crippen LogP contribution in [0, 0.1) is 0 Å². The number of ketones is 1. The van der Waals surface area contributed by atoms with Crippen molar-refractivity contribution in [1.29, 1.82) is 0 Å². The van der Waals surface area contributed by atoms with Crippen LogP contribution in [-0.2, 0) is 6.42 Å². The molecule has 0 aliphatic heterocycles. The zero-order valence-corrected chi connectivity index (χ0v) is 9.86. The van der Waals surface area contributed by atoms with Crippen LogP contribution < -0.4 is 0 Å². The first-order valence-electron chi connectivity index (χ1n) is 6.04. The van der Waals surface area contributed by atoms with E-state index in [0.717, 1.165) is 12.0 Å². The summed E-state index contributed by atoms with van der Waals surface area (Å²) in [6, 6.07) is 14.5. The average molecular weight is 222 g/mol. The van der Waals surface area contributed by atoms with E-state index in [2.05, 4.69) is 30.3 Å². The van der Waals surface area contributed by atoms with E-state index in [0.29, 0.717) is 6.42 Å². The fourth-order valence-corrected chi connectivity index (χ4v) is 2.61. The highest BCUT2D eigenvalue weighted by Crippen LogP contribution is 2.38. The minimum absolute atomic E-state index is 0.245. The first kappa shape index (κ1) is 10.3. The van der Waals surface area contributed by atoms with Gasteiger partial charge in [-0.2, -0.15) is 0 Å². The van der Waals surface area contributed by atoms with Crippen LogP contribution in [0.3, 0.4) is 0 Å². The first-order valence-corrected chi connectivity index (χ1v) is 6.04. The Morgan fingerprint density at radius 1 is 1.06 bits per heavy atom. The Kier molecular flexibility index (Phi) is 2.32. The van der Waals surface area contributed by atoms with E-state index in [9.17, 15) is 4.79 Å². The zero-order valence-electron chi connectivity index (χ0n) is 9.86. The molecule has 1 aliphatic carbocycles. The lowest BCUT2D eigenvalue weighted by molar-refractivity contribution is 0.0987. The minimum Gasteiger partial charge on any atom is -0.294 e. The van der Waals surface area contributed by atoms with Crippen molar-refractivity contribution in [3.05, 3.63) is 59.2 Å². The van der Waals surface area contributed by atoms with E-state index >= 15 is 0 Å². The highest BCUT2D eigenvalue weighted by atomic mass is 16.1. The molecule has 0 atom stereocenters. The molecular weight excluding hydrogens is 208 g/mol. The largest absolute Gasteiger partial charge is 0.294 e. The molecule has 0 radical (unpaired) electrons. The molecule has 0 saturated heterocycles. The zero-order chi connectivity index (χ0) is 11.8. The minimum atomic E-state index is 0.245. The van der Waals surface area contributed by atoms with Crippen LogP contribution in [0.2, 0.25) is 0 Å². The Bertz CT molecular complexity index is 596. The summed E-state index contributed by atoms with van der Waals surface area (Å²) in [6.07, 6.45) is 1.47. The van der Waals surface area contributed by atoms with Crippen molar-refractivity contribution in [2.75, 3.05) is 0 Å². The second-order valence-electron chi connectivity index (χ2n) is 4.44. The molecule has 0 N–H and O–H groups in total. The highest BCUT2D eigenvalue weighted by Gasteiger charge is 2.22. The fourth-order valence-electron chi connectivity index (χ4n) is 2.61. The molecule has 0 bridgehead atoms. The molecule has 0 unspecified atom stereocenters. The van der Waals surface area contributed by atoms with E-state index in [4.69, 9.17) is 0 Å². The molecule has 0 heterocycles. The average Bonchev–Trinajstić information content (AvgIpc) is 2.76. The second kappa shape index (κ2) is 3.85. The molecule has 0 aromatic heterocycles. The van der Waals surface area contributed by atoms with Gasteiger partial charge in [0.1, 0.15) is 0 Å². The maximum absolute atomic E-state index is 11.9. The van der Waals surface area contributed by atoms with E-state index in [-0.39, 0.29) is 5.78 Å². The van der Waals surface area contributed by atoms with Gasteiger partial charge in [0.25, 0.3) is 0 Å². The number of carbonyl (C=O) groups excluding carboxylic acids is 1. The maximum atomic E-state index is 11.9. The van der Waals surface area contributed by atoms with Crippen LogP contribution in [0.4, 0.5) is 0 Å². The van der Waals surface area contributed by atoms with Gasteiger partial charge in [0.15, 0.2) is 5.78 Å². The van der Waals surface area contributed by atoms with Gasteiger partial charge >= 0.3 is 0 Å². The van der Waals surface area contributed by atoms with Crippen molar-refractivity contribution in [2.24, 2.45) is 0 Å². The predicted octanol–water partition coefficient (Wildman–Crippen LogP) is 3.85. The summed E-state index contributed by atoms with van der Waals surface area (Å²) in [4.78, 5) is 11.9. The SMILES string of the molecule is CCC(=O)c1cccc2c1Cc1ccccc1-2. The topological polar surface area (TPSA) is 17.1 Å². The molecule has 1 nitrogen and oxygen atoms in total. The normalized spacial score (nSPS) is 12.1. The van der Waals surface area contributed by atoms with Gasteiger partial charge in [-0.05, 0) is 28.7 Å². The van der Waals surface area contributed by atoms with Gasteiger partial charge in [-0.15, -0.1) is 0 Å². The van der Waals surface area contributed by atoms with Gasteiger partial charge in [0.05, 0.1) is 0 Å². The Labute approximate surface area is 101 Å². The molecule has 1 heteroatoms.